The number of aromatic nitrogens is 2. The molecular formula is C9H7F3N4O. The first-order valence-corrected chi connectivity index (χ1v) is 4.54. The zero-order chi connectivity index (χ0) is 12.4. The Morgan fingerprint density at radius 1 is 1.24 bits per heavy atom. The maximum absolute atomic E-state index is 13.2. The van der Waals surface area contributed by atoms with Crippen molar-refractivity contribution in [1.29, 1.82) is 0 Å². The number of anilines is 2. The number of nitrogens with zero attached hydrogens (tertiary/aromatic N) is 2. The predicted molar refractivity (Wildman–Crippen MR) is 51.8 cm³/mol. The van der Waals surface area contributed by atoms with E-state index in [-0.39, 0.29) is 18.5 Å². The largest absolute Gasteiger partial charge is 0.406 e. The molecule has 5 nitrogen and oxygen atoms in total. The van der Waals surface area contributed by atoms with Crippen LogP contribution in [0.15, 0.2) is 16.5 Å². The molecule has 0 saturated carbocycles. The molecule has 0 radical (unpaired) electrons. The molecule has 2 aromatic rings. The minimum Gasteiger partial charge on any atom is -0.406 e. The Morgan fingerprint density at radius 2 is 2.00 bits per heavy atom. The van der Waals surface area contributed by atoms with Crippen LogP contribution >= 0.6 is 0 Å². The SMILES string of the molecule is NCc1nnc(Nc2cc(F)cc(F)c2F)o1. The topological polar surface area (TPSA) is 77.0 Å². The van der Waals surface area contributed by atoms with Gasteiger partial charge in [-0.05, 0) is 0 Å². The molecule has 1 aromatic heterocycles. The molecule has 0 unspecified atom stereocenters. The van der Waals surface area contributed by atoms with Gasteiger partial charge in [0.2, 0.25) is 5.89 Å². The number of nitrogens with one attached hydrogen (secondary N) is 1. The van der Waals surface area contributed by atoms with Gasteiger partial charge >= 0.3 is 6.01 Å². The van der Waals surface area contributed by atoms with Gasteiger partial charge in [0.25, 0.3) is 0 Å². The minimum atomic E-state index is -1.31. The molecule has 0 fully saturated rings. The lowest BCUT2D eigenvalue weighted by Gasteiger charge is -2.03. The third-order valence-corrected chi connectivity index (χ3v) is 1.88. The molecule has 8 heteroatoms. The molecule has 0 spiro atoms. The summed E-state index contributed by atoms with van der Waals surface area (Å²) in [5.41, 5.74) is 4.78. The number of nitrogens with two attached hydrogens (primary N) is 1. The molecule has 1 heterocycles. The Balaban J connectivity index is 2.29. The minimum absolute atomic E-state index is 0.00861. The Hall–Kier alpha value is -2.09. The summed E-state index contributed by atoms with van der Waals surface area (Å²) in [6.07, 6.45) is 0. The molecule has 0 bridgehead atoms. The Labute approximate surface area is 93.4 Å². The second-order valence-corrected chi connectivity index (χ2v) is 3.08. The van der Waals surface area contributed by atoms with Gasteiger partial charge < -0.3 is 15.5 Å². The first-order chi connectivity index (χ1) is 8.10. The van der Waals surface area contributed by atoms with Crippen molar-refractivity contribution in [3.63, 3.8) is 0 Å². The standard InChI is InChI=1S/C9H7F3N4O/c10-4-1-5(11)8(12)6(2-4)14-9-16-15-7(3-13)17-9/h1-2H,3,13H2,(H,14,16). The van der Waals surface area contributed by atoms with Gasteiger partial charge in [0.05, 0.1) is 12.2 Å². The van der Waals surface area contributed by atoms with E-state index < -0.39 is 23.1 Å². The number of halogens is 3. The molecule has 0 aliphatic carbocycles. The molecular weight excluding hydrogens is 237 g/mol. The van der Waals surface area contributed by atoms with Crippen LogP contribution in [0.5, 0.6) is 0 Å². The van der Waals surface area contributed by atoms with E-state index in [1.54, 1.807) is 0 Å². The molecule has 17 heavy (non-hydrogen) atoms. The fraction of sp³-hybridized carbons (Fsp3) is 0.111. The van der Waals surface area contributed by atoms with Crippen LogP contribution in [-0.4, -0.2) is 10.2 Å². The van der Waals surface area contributed by atoms with Gasteiger partial charge in [-0.1, -0.05) is 5.10 Å². The molecule has 90 valence electrons. The van der Waals surface area contributed by atoms with Crippen LogP contribution in [0.25, 0.3) is 0 Å². The van der Waals surface area contributed by atoms with Crippen LogP contribution in [0, 0.1) is 17.5 Å². The van der Waals surface area contributed by atoms with Crippen LogP contribution < -0.4 is 11.1 Å². The Morgan fingerprint density at radius 3 is 2.65 bits per heavy atom. The van der Waals surface area contributed by atoms with E-state index in [1.165, 1.54) is 0 Å². The average molecular weight is 244 g/mol. The molecule has 0 aliphatic rings. The maximum atomic E-state index is 13.2. The predicted octanol–water partition coefficient (Wildman–Crippen LogP) is 1.69. The lowest BCUT2D eigenvalue weighted by Crippen LogP contribution is -1.98. The molecule has 2 rings (SSSR count). The van der Waals surface area contributed by atoms with Gasteiger partial charge in [0.15, 0.2) is 11.6 Å². The number of hydrogen-bond donors (Lipinski definition) is 2. The summed E-state index contributed by atoms with van der Waals surface area (Å²) in [7, 11) is 0. The van der Waals surface area contributed by atoms with Gasteiger partial charge in [0.1, 0.15) is 5.82 Å². The van der Waals surface area contributed by atoms with Gasteiger partial charge in [-0.15, -0.1) is 5.10 Å². The Bertz CT molecular complexity index is 543. The van der Waals surface area contributed by atoms with Crippen molar-refractivity contribution in [3.05, 3.63) is 35.5 Å². The van der Waals surface area contributed by atoms with E-state index in [1.807, 2.05) is 0 Å². The lowest BCUT2D eigenvalue weighted by molar-refractivity contribution is 0.493. The molecule has 0 atom stereocenters. The summed E-state index contributed by atoms with van der Waals surface area (Å²) in [5.74, 6) is -3.36. The highest BCUT2D eigenvalue weighted by Gasteiger charge is 2.13. The van der Waals surface area contributed by atoms with Gasteiger partial charge in [-0.3, -0.25) is 0 Å². The highest BCUT2D eigenvalue weighted by atomic mass is 19.2. The first-order valence-electron chi connectivity index (χ1n) is 4.54. The zero-order valence-electron chi connectivity index (χ0n) is 8.38. The van der Waals surface area contributed by atoms with E-state index in [2.05, 4.69) is 15.5 Å². The van der Waals surface area contributed by atoms with E-state index in [9.17, 15) is 13.2 Å². The van der Waals surface area contributed by atoms with Gasteiger partial charge in [-0.25, -0.2) is 13.2 Å². The van der Waals surface area contributed by atoms with Crippen molar-refractivity contribution >= 4 is 11.7 Å². The Kier molecular flexibility index (Phi) is 2.96. The number of hydrogen-bond acceptors (Lipinski definition) is 5. The molecule has 0 aliphatic heterocycles. The summed E-state index contributed by atoms with van der Waals surface area (Å²) < 4.78 is 43.9. The maximum Gasteiger partial charge on any atom is 0.320 e. The summed E-state index contributed by atoms with van der Waals surface area (Å²) in [6.45, 7) is 0.00861. The zero-order valence-corrected chi connectivity index (χ0v) is 8.38. The summed E-state index contributed by atoms with van der Waals surface area (Å²) in [6, 6.07) is 0.999. The summed E-state index contributed by atoms with van der Waals surface area (Å²) in [5, 5.41) is 9.21. The van der Waals surface area contributed by atoms with E-state index in [4.69, 9.17) is 10.2 Å². The molecule has 0 amide bonds. The highest BCUT2D eigenvalue weighted by molar-refractivity contribution is 5.53. The number of rotatable bonds is 3. The van der Waals surface area contributed by atoms with Crippen molar-refractivity contribution in [1.82, 2.24) is 10.2 Å². The van der Waals surface area contributed by atoms with Gasteiger partial charge in [-0.2, -0.15) is 0 Å². The van der Waals surface area contributed by atoms with Crippen LogP contribution in [0.3, 0.4) is 0 Å². The number of benzene rings is 1. The second kappa shape index (κ2) is 4.42. The van der Waals surface area contributed by atoms with Crippen molar-refractivity contribution in [2.24, 2.45) is 5.73 Å². The fourth-order valence-corrected chi connectivity index (χ4v) is 1.15. The monoisotopic (exact) mass is 244 g/mol. The lowest BCUT2D eigenvalue weighted by atomic mass is 10.3. The van der Waals surface area contributed by atoms with E-state index in [0.29, 0.717) is 6.07 Å². The third kappa shape index (κ3) is 2.36. The van der Waals surface area contributed by atoms with E-state index >= 15 is 0 Å². The van der Waals surface area contributed by atoms with Crippen molar-refractivity contribution in [3.8, 4) is 0 Å². The molecule has 3 N–H and O–H groups in total. The quantitative estimate of drug-likeness (QED) is 0.803. The third-order valence-electron chi connectivity index (χ3n) is 1.88. The van der Waals surface area contributed by atoms with Crippen LogP contribution in [0.2, 0.25) is 0 Å². The summed E-state index contributed by atoms with van der Waals surface area (Å²) in [4.78, 5) is 0. The highest BCUT2D eigenvalue weighted by Crippen LogP contribution is 2.22. The van der Waals surface area contributed by atoms with Crippen LogP contribution in [0.1, 0.15) is 5.89 Å². The average Bonchev–Trinajstić information content (AvgIpc) is 2.73. The van der Waals surface area contributed by atoms with Crippen molar-refractivity contribution < 1.29 is 17.6 Å². The first kappa shape index (κ1) is 11.4. The summed E-state index contributed by atoms with van der Waals surface area (Å²) >= 11 is 0. The normalized spacial score (nSPS) is 10.6. The molecule has 0 saturated heterocycles. The van der Waals surface area contributed by atoms with Crippen molar-refractivity contribution in [2.45, 2.75) is 6.54 Å². The van der Waals surface area contributed by atoms with E-state index in [0.717, 1.165) is 6.07 Å². The van der Waals surface area contributed by atoms with Crippen molar-refractivity contribution in [2.75, 3.05) is 5.32 Å². The smallest absolute Gasteiger partial charge is 0.320 e. The van der Waals surface area contributed by atoms with Crippen LogP contribution in [0.4, 0.5) is 24.9 Å². The molecule has 1 aromatic carbocycles. The second-order valence-electron chi connectivity index (χ2n) is 3.08. The van der Waals surface area contributed by atoms with Gasteiger partial charge in [0, 0.05) is 12.1 Å². The fourth-order valence-electron chi connectivity index (χ4n) is 1.15. The van der Waals surface area contributed by atoms with Crippen LogP contribution in [-0.2, 0) is 6.54 Å².